The Kier molecular flexibility index (Phi) is 18.9. The van der Waals surface area contributed by atoms with E-state index in [0.717, 1.165) is 23.1 Å². The first-order chi connectivity index (χ1) is 30.1. The zero-order valence-electron chi connectivity index (χ0n) is 39.0. The molecule has 12 heteroatoms. The number of carbonyl (C=O) groups excluding carboxylic acids is 4. The first kappa shape index (κ1) is 50.5. The normalized spacial score (nSPS) is 36.3. The predicted molar refractivity (Wildman–Crippen MR) is 241 cm³/mol. The molecule has 13 unspecified atom stereocenters. The number of Topliss-reactive ketones (excluding diaryl/α,β-unsaturated/α-hetero) is 2. The molecule has 3 fully saturated rings. The summed E-state index contributed by atoms with van der Waals surface area (Å²) in [5.74, 6) is -6.32. The van der Waals surface area contributed by atoms with Gasteiger partial charge in [-0.25, -0.2) is 4.79 Å². The van der Waals surface area contributed by atoms with Gasteiger partial charge in [0.15, 0.2) is 0 Å². The molecular weight excluding hydrogens is 803 g/mol. The SMILES string of the molecule is CCC1C=C(C)CC(C)CC(OC)C2OC(O)(C(=O)C(=O)N3CCCCC3C(=O)OC(C(C)=CC3CCC(O)C(OCC=Cc4ccccc4)C3)C(C)CCC1=O)C(C)CC2OC. The number of hydrogen-bond acceptors (Lipinski definition) is 11. The van der Waals surface area contributed by atoms with Crippen molar-refractivity contribution in [2.24, 2.45) is 29.6 Å². The zero-order chi connectivity index (χ0) is 45.8. The Labute approximate surface area is 375 Å². The van der Waals surface area contributed by atoms with E-state index in [0.29, 0.717) is 64.4 Å². The van der Waals surface area contributed by atoms with Gasteiger partial charge in [-0.2, -0.15) is 0 Å². The fraction of sp³-hybridized carbons (Fsp3) is 0.686. The van der Waals surface area contributed by atoms with Gasteiger partial charge in [-0.15, -0.1) is 0 Å². The van der Waals surface area contributed by atoms with Crippen LogP contribution in [0.1, 0.15) is 124 Å². The molecule has 4 aliphatic rings. The van der Waals surface area contributed by atoms with Gasteiger partial charge in [-0.3, -0.25) is 14.4 Å². The highest BCUT2D eigenvalue weighted by Gasteiger charge is 2.56. The third-order valence-corrected chi connectivity index (χ3v) is 14.0. The Bertz CT molecular complexity index is 1780. The number of hydrogen-bond donors (Lipinski definition) is 2. The van der Waals surface area contributed by atoms with Gasteiger partial charge in [-0.1, -0.05) is 87.9 Å². The van der Waals surface area contributed by atoms with Crippen LogP contribution in [0.15, 0.2) is 59.7 Å². The number of amides is 1. The number of nitrogens with zero attached hydrogens (tertiary/aromatic N) is 1. The molecule has 1 amide bonds. The minimum Gasteiger partial charge on any atom is -0.456 e. The van der Waals surface area contributed by atoms with E-state index < -0.39 is 65.9 Å². The number of ketones is 2. The number of fused-ring (bicyclic) bond motifs is 3. The van der Waals surface area contributed by atoms with Crippen LogP contribution in [-0.2, 0) is 42.9 Å². The van der Waals surface area contributed by atoms with E-state index in [-0.39, 0.29) is 54.9 Å². The number of aliphatic hydroxyl groups is 2. The number of cyclic esters (lactones) is 1. The topological polar surface area (TPSA) is 158 Å². The first-order valence-corrected chi connectivity index (χ1v) is 23.5. The lowest BCUT2D eigenvalue weighted by molar-refractivity contribution is -0.302. The number of carbonyl (C=O) groups is 4. The van der Waals surface area contributed by atoms with Crippen LogP contribution in [0.5, 0.6) is 0 Å². The number of ether oxygens (including phenoxy) is 5. The third-order valence-electron chi connectivity index (χ3n) is 14.0. The van der Waals surface area contributed by atoms with Crippen LogP contribution in [0.4, 0.5) is 0 Å². The smallest absolute Gasteiger partial charge is 0.329 e. The van der Waals surface area contributed by atoms with Crippen molar-refractivity contribution in [1.29, 1.82) is 0 Å². The van der Waals surface area contributed by atoms with E-state index in [1.54, 1.807) is 21.1 Å². The number of esters is 1. The number of piperidine rings is 1. The van der Waals surface area contributed by atoms with E-state index in [9.17, 15) is 29.4 Å². The molecule has 1 saturated carbocycles. The Balaban J connectivity index is 1.44. The van der Waals surface area contributed by atoms with Gasteiger partial charge in [-0.05, 0) is 113 Å². The molecule has 2 N–H and O–H groups in total. The van der Waals surface area contributed by atoms with Crippen molar-refractivity contribution >= 4 is 29.5 Å². The summed E-state index contributed by atoms with van der Waals surface area (Å²) in [6, 6.07) is 8.89. The van der Waals surface area contributed by atoms with Gasteiger partial charge in [0.05, 0.1) is 31.0 Å². The molecule has 3 aliphatic heterocycles. The fourth-order valence-electron chi connectivity index (χ4n) is 10.2. The van der Waals surface area contributed by atoms with Crippen molar-refractivity contribution in [3.05, 3.63) is 65.3 Å². The second-order valence-corrected chi connectivity index (χ2v) is 19.0. The Hall–Kier alpha value is -3.52. The summed E-state index contributed by atoms with van der Waals surface area (Å²) in [6.45, 7) is 12.2. The van der Waals surface area contributed by atoms with Crippen molar-refractivity contribution in [2.45, 2.75) is 167 Å². The van der Waals surface area contributed by atoms with Crippen molar-refractivity contribution in [3.8, 4) is 0 Å². The maximum atomic E-state index is 14.4. The average molecular weight is 878 g/mol. The molecule has 0 radical (unpaired) electrons. The Morgan fingerprint density at radius 3 is 2.35 bits per heavy atom. The second-order valence-electron chi connectivity index (χ2n) is 19.0. The van der Waals surface area contributed by atoms with Crippen molar-refractivity contribution in [3.63, 3.8) is 0 Å². The predicted octanol–water partition coefficient (Wildman–Crippen LogP) is 7.59. The summed E-state index contributed by atoms with van der Waals surface area (Å²) in [5, 5.41) is 23.0. The molecule has 2 saturated heterocycles. The minimum atomic E-state index is -2.48. The van der Waals surface area contributed by atoms with E-state index >= 15 is 0 Å². The van der Waals surface area contributed by atoms with Gasteiger partial charge in [0.1, 0.15) is 24.0 Å². The lowest BCUT2D eigenvalue weighted by Crippen LogP contribution is -2.64. The lowest BCUT2D eigenvalue weighted by Gasteiger charge is -2.47. The maximum Gasteiger partial charge on any atom is 0.329 e. The van der Waals surface area contributed by atoms with Gasteiger partial charge in [0.25, 0.3) is 11.7 Å². The van der Waals surface area contributed by atoms with E-state index in [2.05, 4.69) is 19.1 Å². The third kappa shape index (κ3) is 13.1. The molecule has 1 aliphatic carbocycles. The van der Waals surface area contributed by atoms with Crippen molar-refractivity contribution in [1.82, 2.24) is 4.90 Å². The van der Waals surface area contributed by atoms with Crippen molar-refractivity contribution < 1.29 is 53.1 Å². The Morgan fingerprint density at radius 1 is 0.937 bits per heavy atom. The number of methoxy groups -OCH3 is 2. The highest BCUT2D eigenvalue weighted by Crippen LogP contribution is 2.39. The summed E-state index contributed by atoms with van der Waals surface area (Å²) < 4.78 is 30.7. The van der Waals surface area contributed by atoms with Crippen LogP contribution in [-0.4, -0.2) is 114 Å². The Morgan fingerprint density at radius 2 is 1.65 bits per heavy atom. The average Bonchev–Trinajstić information content (AvgIpc) is 3.28. The van der Waals surface area contributed by atoms with Gasteiger partial charge < -0.3 is 38.8 Å². The number of rotatable bonds is 9. The zero-order valence-corrected chi connectivity index (χ0v) is 39.0. The number of benzene rings is 1. The fourth-order valence-corrected chi connectivity index (χ4v) is 10.2. The van der Waals surface area contributed by atoms with E-state index in [1.807, 2.05) is 70.2 Å². The highest BCUT2D eigenvalue weighted by molar-refractivity contribution is 6.39. The molecule has 2 bridgehead atoms. The second kappa shape index (κ2) is 23.6. The highest BCUT2D eigenvalue weighted by atomic mass is 16.7. The first-order valence-electron chi connectivity index (χ1n) is 23.5. The van der Waals surface area contributed by atoms with E-state index in [4.69, 9.17) is 23.7 Å². The summed E-state index contributed by atoms with van der Waals surface area (Å²) >= 11 is 0. The van der Waals surface area contributed by atoms with Gasteiger partial charge >= 0.3 is 5.97 Å². The molecule has 0 aromatic heterocycles. The van der Waals surface area contributed by atoms with Gasteiger partial charge in [0.2, 0.25) is 5.79 Å². The molecule has 13 atom stereocenters. The van der Waals surface area contributed by atoms with Crippen LogP contribution < -0.4 is 0 Å². The quantitative estimate of drug-likeness (QED) is 0.143. The summed E-state index contributed by atoms with van der Waals surface area (Å²) in [5.41, 5.74) is 2.96. The summed E-state index contributed by atoms with van der Waals surface area (Å²) in [7, 11) is 3.11. The molecule has 5 rings (SSSR count). The monoisotopic (exact) mass is 878 g/mol. The van der Waals surface area contributed by atoms with Crippen LogP contribution >= 0.6 is 0 Å². The van der Waals surface area contributed by atoms with Crippen LogP contribution in [0.2, 0.25) is 0 Å². The molecule has 0 spiro atoms. The standard InChI is InChI=1S/C51H75NO11/c1-9-39-27-32(2)26-33(3)28-44(59-7)47-45(60-8)30-36(6)51(58,63-47)48(55)49(56)52-24-14-13-19-40(52)50(57)62-46(34(4)20-22-41(39)53)35(5)29-38-21-23-42(54)43(31-38)61-25-15-18-37-16-11-10-12-17-37/h10-12,15-18,27,29,33-34,36,38-40,42-47,54,58H,9,13-14,19-26,28,30-31H2,1-8H3. The van der Waals surface area contributed by atoms with Gasteiger partial charge in [0, 0.05) is 39.0 Å². The lowest BCUT2D eigenvalue weighted by atomic mass is 9.82. The maximum absolute atomic E-state index is 14.4. The van der Waals surface area contributed by atoms with E-state index in [1.165, 1.54) is 4.90 Å². The molecule has 1 aromatic rings. The largest absolute Gasteiger partial charge is 0.456 e. The van der Waals surface area contributed by atoms with Crippen molar-refractivity contribution in [2.75, 3.05) is 27.4 Å². The number of aliphatic hydroxyl groups excluding tert-OH is 1. The summed E-state index contributed by atoms with van der Waals surface area (Å²) in [6.07, 6.45) is 10.7. The molecule has 350 valence electrons. The molecule has 12 nitrogen and oxygen atoms in total. The van der Waals surface area contributed by atoms with Crippen LogP contribution in [0.25, 0.3) is 6.08 Å². The molecule has 1 aromatic carbocycles. The molecular formula is C51H75NO11. The molecule has 63 heavy (non-hydrogen) atoms. The minimum absolute atomic E-state index is 0.0389. The molecule has 3 heterocycles. The van der Waals surface area contributed by atoms with Crippen LogP contribution in [0.3, 0.4) is 0 Å². The van der Waals surface area contributed by atoms with Crippen LogP contribution in [0, 0.1) is 29.6 Å². The number of allylic oxidation sites excluding steroid dienone is 3. The summed E-state index contributed by atoms with van der Waals surface area (Å²) in [4.78, 5) is 58.2.